The predicted molar refractivity (Wildman–Crippen MR) is 117 cm³/mol. The average molecular weight is 437 g/mol. The van der Waals surface area contributed by atoms with E-state index in [-0.39, 0.29) is 18.0 Å². The first-order valence-electron chi connectivity index (χ1n) is 10.3. The van der Waals surface area contributed by atoms with Crippen LogP contribution in [0.15, 0.2) is 34.9 Å². The molecule has 4 heterocycles. The highest BCUT2D eigenvalue weighted by atomic mass is 16.6. The van der Waals surface area contributed by atoms with Gasteiger partial charge in [0, 0.05) is 32.4 Å². The number of fused-ring (bicyclic) bond motifs is 3. The summed E-state index contributed by atoms with van der Waals surface area (Å²) in [5.74, 6) is 1.83. The second-order valence-corrected chi connectivity index (χ2v) is 7.40. The number of benzene rings is 1. The van der Waals surface area contributed by atoms with E-state index >= 15 is 0 Å². The van der Waals surface area contributed by atoms with E-state index in [0.29, 0.717) is 78.1 Å². The van der Waals surface area contributed by atoms with Crippen molar-refractivity contribution in [3.63, 3.8) is 0 Å². The number of amides is 1. The van der Waals surface area contributed by atoms with Crippen LogP contribution in [0, 0.1) is 0 Å². The first-order chi connectivity index (χ1) is 15.7. The van der Waals surface area contributed by atoms with E-state index in [2.05, 4.69) is 5.32 Å². The Morgan fingerprint density at radius 3 is 2.66 bits per heavy atom. The summed E-state index contributed by atoms with van der Waals surface area (Å²) in [6.45, 7) is 2.28. The van der Waals surface area contributed by atoms with Gasteiger partial charge in [0.25, 0.3) is 5.91 Å². The summed E-state index contributed by atoms with van der Waals surface area (Å²) in [5.41, 5.74) is 8.92. The van der Waals surface area contributed by atoms with Crippen molar-refractivity contribution in [1.29, 1.82) is 0 Å². The molecular formula is C22H23N5O5. The zero-order valence-corrected chi connectivity index (χ0v) is 17.6. The maximum Gasteiger partial charge on any atom is 0.257 e. The minimum Gasteiger partial charge on any atom is -0.486 e. The van der Waals surface area contributed by atoms with Gasteiger partial charge in [0.1, 0.15) is 35.9 Å². The molecule has 0 saturated carbocycles. The molecule has 0 aliphatic carbocycles. The van der Waals surface area contributed by atoms with Gasteiger partial charge in [-0.1, -0.05) is 0 Å². The van der Waals surface area contributed by atoms with Crippen molar-refractivity contribution in [2.75, 3.05) is 32.7 Å². The lowest BCUT2D eigenvalue weighted by Gasteiger charge is -2.18. The molecule has 0 fully saturated rings. The monoisotopic (exact) mass is 437 g/mol. The molecule has 1 aromatic carbocycles. The Morgan fingerprint density at radius 2 is 1.97 bits per heavy atom. The molecule has 0 spiro atoms. The van der Waals surface area contributed by atoms with Gasteiger partial charge in [-0.3, -0.25) is 4.79 Å². The molecule has 32 heavy (non-hydrogen) atoms. The number of hydrogen-bond donors (Lipinski definition) is 2. The topological polar surface area (TPSA) is 127 Å². The van der Waals surface area contributed by atoms with Gasteiger partial charge in [-0.25, -0.2) is 9.97 Å². The summed E-state index contributed by atoms with van der Waals surface area (Å²) in [4.78, 5) is 22.6. The summed E-state index contributed by atoms with van der Waals surface area (Å²) in [5, 5.41) is 2.85. The number of hydrogen-bond acceptors (Lipinski definition) is 8. The van der Waals surface area contributed by atoms with Crippen LogP contribution in [0.3, 0.4) is 0 Å². The number of carbonyl (C=O) groups excluding carboxylic acids is 1. The molecule has 0 atom stereocenters. The molecule has 5 rings (SSSR count). The molecule has 0 radical (unpaired) electrons. The highest BCUT2D eigenvalue weighted by molar-refractivity contribution is 6.10. The molecule has 166 valence electrons. The summed E-state index contributed by atoms with van der Waals surface area (Å²) in [7, 11) is 1.64. The third-order valence-electron chi connectivity index (χ3n) is 5.31. The average Bonchev–Trinajstić information content (AvgIpc) is 3.41. The molecule has 1 amide bonds. The molecule has 3 aromatic heterocycles. The number of nitrogens with two attached hydrogens (primary N) is 1. The second kappa shape index (κ2) is 8.39. The quantitative estimate of drug-likeness (QED) is 0.422. The smallest absolute Gasteiger partial charge is 0.257 e. The summed E-state index contributed by atoms with van der Waals surface area (Å²) in [6.07, 6.45) is 2.26. The minimum absolute atomic E-state index is 0.237. The summed E-state index contributed by atoms with van der Waals surface area (Å²) >= 11 is 0. The minimum atomic E-state index is -0.347. The van der Waals surface area contributed by atoms with E-state index in [9.17, 15) is 4.79 Å². The van der Waals surface area contributed by atoms with Crippen molar-refractivity contribution in [1.82, 2.24) is 19.9 Å². The standard InChI is InChI=1S/C22H23N5O5/c1-29-6-3-5-27-20(23)18(22(28)24-12-13-4-2-7-30-13)19-21(27)26-15-11-17-16(10-14(15)25-19)31-8-9-32-17/h2,4,7,10-11H,3,5-6,8-9,12,23H2,1H3,(H,24,28). The fourth-order valence-corrected chi connectivity index (χ4v) is 3.80. The molecule has 4 aromatic rings. The Labute approximate surface area is 183 Å². The van der Waals surface area contributed by atoms with Crippen LogP contribution in [0.2, 0.25) is 0 Å². The van der Waals surface area contributed by atoms with Gasteiger partial charge in [0.2, 0.25) is 0 Å². The zero-order valence-electron chi connectivity index (χ0n) is 17.6. The van der Waals surface area contributed by atoms with Gasteiger partial charge < -0.3 is 34.2 Å². The number of nitrogens with one attached hydrogen (secondary N) is 1. The number of nitrogen functional groups attached to an aromatic ring is 1. The Bertz CT molecular complexity index is 1280. The Balaban J connectivity index is 1.61. The van der Waals surface area contributed by atoms with Crippen LogP contribution in [0.4, 0.5) is 5.82 Å². The van der Waals surface area contributed by atoms with Crippen LogP contribution in [-0.2, 0) is 17.8 Å². The normalized spacial score (nSPS) is 13.0. The van der Waals surface area contributed by atoms with E-state index in [1.54, 1.807) is 42.2 Å². The summed E-state index contributed by atoms with van der Waals surface area (Å²) < 4.78 is 23.6. The third-order valence-corrected chi connectivity index (χ3v) is 5.31. The highest BCUT2D eigenvalue weighted by Gasteiger charge is 2.25. The fraction of sp³-hybridized carbons (Fsp3) is 0.318. The number of anilines is 1. The van der Waals surface area contributed by atoms with Gasteiger partial charge in [0.05, 0.1) is 23.8 Å². The van der Waals surface area contributed by atoms with Gasteiger partial charge >= 0.3 is 0 Å². The zero-order chi connectivity index (χ0) is 22.1. The lowest BCUT2D eigenvalue weighted by molar-refractivity contribution is 0.0950. The highest BCUT2D eigenvalue weighted by Crippen LogP contribution is 2.35. The van der Waals surface area contributed by atoms with E-state index in [1.807, 2.05) is 0 Å². The van der Waals surface area contributed by atoms with Gasteiger partial charge in [-0.15, -0.1) is 0 Å². The van der Waals surface area contributed by atoms with Crippen molar-refractivity contribution in [3.05, 3.63) is 41.9 Å². The Morgan fingerprint density at radius 1 is 1.22 bits per heavy atom. The Hall–Kier alpha value is -3.79. The lowest BCUT2D eigenvalue weighted by Crippen LogP contribution is -2.23. The number of nitrogens with zero attached hydrogens (tertiary/aromatic N) is 3. The molecule has 10 nitrogen and oxygen atoms in total. The number of aromatic nitrogens is 3. The predicted octanol–water partition coefficient (Wildman–Crippen LogP) is 2.50. The lowest BCUT2D eigenvalue weighted by atomic mass is 10.2. The maximum absolute atomic E-state index is 13.1. The van der Waals surface area contributed by atoms with Crippen molar-refractivity contribution < 1.29 is 23.4 Å². The number of carbonyl (C=O) groups is 1. The van der Waals surface area contributed by atoms with Gasteiger partial charge in [-0.05, 0) is 18.6 Å². The SMILES string of the molecule is COCCCn1c(N)c(C(=O)NCc2ccco2)c2nc3cc4c(cc3nc21)OCCO4. The summed E-state index contributed by atoms with van der Waals surface area (Å²) in [6, 6.07) is 7.13. The van der Waals surface area contributed by atoms with E-state index < -0.39 is 0 Å². The number of aryl methyl sites for hydroxylation is 1. The van der Waals surface area contributed by atoms with Crippen molar-refractivity contribution in [3.8, 4) is 11.5 Å². The van der Waals surface area contributed by atoms with Crippen LogP contribution in [-0.4, -0.2) is 47.4 Å². The molecule has 1 aliphatic rings. The first-order valence-corrected chi connectivity index (χ1v) is 10.3. The molecule has 0 unspecified atom stereocenters. The van der Waals surface area contributed by atoms with Crippen LogP contribution >= 0.6 is 0 Å². The number of ether oxygens (including phenoxy) is 3. The second-order valence-electron chi connectivity index (χ2n) is 7.40. The fourth-order valence-electron chi connectivity index (χ4n) is 3.80. The number of furan rings is 1. The van der Waals surface area contributed by atoms with Crippen molar-refractivity contribution in [2.24, 2.45) is 0 Å². The van der Waals surface area contributed by atoms with E-state index in [1.165, 1.54) is 0 Å². The van der Waals surface area contributed by atoms with Crippen LogP contribution in [0.5, 0.6) is 11.5 Å². The van der Waals surface area contributed by atoms with E-state index in [4.69, 9.17) is 34.3 Å². The third kappa shape index (κ3) is 3.58. The molecule has 10 heteroatoms. The van der Waals surface area contributed by atoms with Crippen molar-refractivity contribution in [2.45, 2.75) is 19.5 Å². The van der Waals surface area contributed by atoms with Crippen molar-refractivity contribution >= 4 is 33.9 Å². The molecule has 1 aliphatic heterocycles. The maximum atomic E-state index is 13.1. The molecular weight excluding hydrogens is 414 g/mol. The van der Waals surface area contributed by atoms with Crippen LogP contribution < -0.4 is 20.5 Å². The van der Waals surface area contributed by atoms with E-state index in [0.717, 1.165) is 0 Å². The van der Waals surface area contributed by atoms with Crippen LogP contribution in [0.25, 0.3) is 22.2 Å². The van der Waals surface area contributed by atoms with Gasteiger partial charge in [-0.2, -0.15) is 0 Å². The molecule has 3 N–H and O–H groups in total. The molecule has 0 saturated heterocycles. The molecule has 0 bridgehead atoms. The number of rotatable bonds is 7. The first kappa shape index (κ1) is 20.1. The van der Waals surface area contributed by atoms with Gasteiger partial charge in [0.15, 0.2) is 17.1 Å². The largest absolute Gasteiger partial charge is 0.486 e. The number of methoxy groups -OCH3 is 1. The van der Waals surface area contributed by atoms with Crippen LogP contribution in [0.1, 0.15) is 22.5 Å². The Kier molecular flexibility index (Phi) is 5.28.